The zero-order chi connectivity index (χ0) is 7.11. The second-order valence-electron chi connectivity index (χ2n) is 1.54. The number of methoxy groups -OCH3 is 1. The Hall–Kier alpha value is 0.0700. The van der Waals surface area contributed by atoms with E-state index in [0.717, 1.165) is 6.54 Å². The summed E-state index contributed by atoms with van der Waals surface area (Å²) in [6.45, 7) is 3.22. The van der Waals surface area contributed by atoms with Crippen LogP contribution in [0.1, 0.15) is 6.92 Å². The molecule has 0 rings (SSSR count). The molecule has 0 aromatic heterocycles. The van der Waals surface area contributed by atoms with Crippen molar-refractivity contribution in [2.75, 3.05) is 26.0 Å². The Bertz CT molecular complexity index is 87.0. The van der Waals surface area contributed by atoms with E-state index >= 15 is 0 Å². The van der Waals surface area contributed by atoms with Crippen LogP contribution in [0.4, 0.5) is 0 Å². The minimum Gasteiger partial charge on any atom is -0.384 e. The lowest BCUT2D eigenvalue weighted by molar-refractivity contribution is 0.218. The van der Waals surface area contributed by atoms with Crippen LogP contribution < -0.4 is 4.72 Å². The van der Waals surface area contributed by atoms with E-state index in [1.54, 1.807) is 7.11 Å². The van der Waals surface area contributed by atoms with Gasteiger partial charge in [-0.25, -0.2) is 8.93 Å². The Balaban J connectivity index is 3.06. The van der Waals surface area contributed by atoms with Crippen LogP contribution in [0.2, 0.25) is 0 Å². The molecule has 0 bridgehead atoms. The van der Waals surface area contributed by atoms with E-state index in [-0.39, 0.29) is 0 Å². The van der Waals surface area contributed by atoms with Crippen molar-refractivity contribution in [3.8, 4) is 0 Å². The summed E-state index contributed by atoms with van der Waals surface area (Å²) < 4.78 is 18.2. The molecule has 0 spiro atoms. The van der Waals surface area contributed by atoms with Crippen LogP contribution in [0.25, 0.3) is 0 Å². The van der Waals surface area contributed by atoms with Crippen molar-refractivity contribution < 1.29 is 8.95 Å². The van der Waals surface area contributed by atoms with Crippen molar-refractivity contribution in [1.82, 2.24) is 4.72 Å². The average molecular weight is 151 g/mol. The van der Waals surface area contributed by atoms with E-state index in [2.05, 4.69) is 4.72 Å². The zero-order valence-corrected chi connectivity index (χ0v) is 6.66. The van der Waals surface area contributed by atoms with Crippen LogP contribution in [0.15, 0.2) is 0 Å². The van der Waals surface area contributed by atoms with Gasteiger partial charge in [-0.3, -0.25) is 0 Å². The molecule has 4 heteroatoms. The summed E-state index contributed by atoms with van der Waals surface area (Å²) in [7, 11) is 0.705. The number of hydrogen-bond acceptors (Lipinski definition) is 2. The Morgan fingerprint density at radius 2 is 2.33 bits per heavy atom. The summed E-state index contributed by atoms with van der Waals surface area (Å²) in [4.78, 5) is 0. The molecule has 0 aromatic carbocycles. The van der Waals surface area contributed by atoms with E-state index in [9.17, 15) is 4.21 Å². The van der Waals surface area contributed by atoms with Crippen LogP contribution in [-0.2, 0) is 15.7 Å². The summed E-state index contributed by atoms with van der Waals surface area (Å²) in [5, 5.41) is 0. The highest BCUT2D eigenvalue weighted by molar-refractivity contribution is 7.83. The van der Waals surface area contributed by atoms with Crippen LogP contribution in [0.3, 0.4) is 0 Å². The van der Waals surface area contributed by atoms with Gasteiger partial charge in [0.15, 0.2) is 0 Å². The number of ether oxygens (including phenoxy) is 1. The third kappa shape index (κ3) is 5.95. The minimum atomic E-state index is -0.895. The van der Waals surface area contributed by atoms with Crippen molar-refractivity contribution in [3.63, 3.8) is 0 Å². The van der Waals surface area contributed by atoms with E-state index in [4.69, 9.17) is 4.74 Å². The average Bonchev–Trinajstić information content (AvgIpc) is 1.85. The van der Waals surface area contributed by atoms with Gasteiger partial charge in [-0.05, 0) is 0 Å². The van der Waals surface area contributed by atoms with Gasteiger partial charge >= 0.3 is 0 Å². The molecule has 0 aliphatic heterocycles. The van der Waals surface area contributed by atoms with Crippen molar-refractivity contribution in [2.24, 2.45) is 0 Å². The third-order valence-corrected chi connectivity index (χ3v) is 1.93. The van der Waals surface area contributed by atoms with Crippen molar-refractivity contribution in [1.29, 1.82) is 0 Å². The van der Waals surface area contributed by atoms with Crippen molar-refractivity contribution in [3.05, 3.63) is 0 Å². The van der Waals surface area contributed by atoms with E-state index < -0.39 is 11.0 Å². The summed E-state index contributed by atoms with van der Waals surface area (Å²) in [5.74, 6) is 0.574. The highest BCUT2D eigenvalue weighted by Gasteiger charge is 1.93. The largest absolute Gasteiger partial charge is 0.384 e. The van der Waals surface area contributed by atoms with Gasteiger partial charge in [0.05, 0.1) is 23.3 Å². The molecule has 0 saturated heterocycles. The highest BCUT2D eigenvalue weighted by Crippen LogP contribution is 1.75. The SMILES string of the molecule is CCNS(=O)CCOC. The first-order chi connectivity index (χ1) is 4.31. The lowest BCUT2D eigenvalue weighted by Crippen LogP contribution is -2.21. The van der Waals surface area contributed by atoms with Gasteiger partial charge in [0, 0.05) is 13.7 Å². The molecular weight excluding hydrogens is 138 g/mol. The molecule has 1 atom stereocenters. The lowest BCUT2D eigenvalue weighted by Gasteiger charge is -1.98. The van der Waals surface area contributed by atoms with E-state index in [1.165, 1.54) is 0 Å². The van der Waals surface area contributed by atoms with Gasteiger partial charge in [0.1, 0.15) is 0 Å². The van der Waals surface area contributed by atoms with Crippen LogP contribution >= 0.6 is 0 Å². The smallest absolute Gasteiger partial charge is 0.0938 e. The number of nitrogens with one attached hydrogen (secondary N) is 1. The summed E-state index contributed by atoms with van der Waals surface area (Å²) in [6, 6.07) is 0. The monoisotopic (exact) mass is 151 g/mol. The quantitative estimate of drug-likeness (QED) is 0.596. The van der Waals surface area contributed by atoms with E-state index in [1.807, 2.05) is 6.92 Å². The molecule has 3 nitrogen and oxygen atoms in total. The fraction of sp³-hybridized carbons (Fsp3) is 1.00. The maximum absolute atomic E-state index is 10.7. The molecule has 1 unspecified atom stereocenters. The van der Waals surface area contributed by atoms with Crippen LogP contribution in [0, 0.1) is 0 Å². The first kappa shape index (κ1) is 9.07. The Kier molecular flexibility index (Phi) is 6.24. The number of hydrogen-bond donors (Lipinski definition) is 1. The van der Waals surface area contributed by atoms with Gasteiger partial charge in [0.25, 0.3) is 0 Å². The van der Waals surface area contributed by atoms with Gasteiger partial charge < -0.3 is 4.74 Å². The molecule has 56 valence electrons. The molecule has 0 heterocycles. The fourth-order valence-electron chi connectivity index (χ4n) is 0.392. The lowest BCUT2D eigenvalue weighted by atomic mass is 10.8. The molecule has 0 aromatic rings. The van der Waals surface area contributed by atoms with Gasteiger partial charge in [-0.1, -0.05) is 6.92 Å². The molecule has 0 aliphatic carbocycles. The Labute approximate surface area is 58.4 Å². The second-order valence-corrected chi connectivity index (χ2v) is 2.93. The fourth-order valence-corrected chi connectivity index (χ4v) is 1.18. The molecule has 0 fully saturated rings. The normalized spacial score (nSPS) is 13.6. The summed E-state index contributed by atoms with van der Waals surface area (Å²) in [5.41, 5.74) is 0. The molecule has 0 saturated carbocycles. The molecule has 9 heavy (non-hydrogen) atoms. The first-order valence-electron chi connectivity index (χ1n) is 2.92. The highest BCUT2D eigenvalue weighted by atomic mass is 32.2. The summed E-state index contributed by atoms with van der Waals surface area (Å²) in [6.07, 6.45) is 0. The van der Waals surface area contributed by atoms with Crippen LogP contribution in [0.5, 0.6) is 0 Å². The maximum atomic E-state index is 10.7. The predicted molar refractivity (Wildman–Crippen MR) is 38.6 cm³/mol. The first-order valence-corrected chi connectivity index (χ1v) is 4.24. The molecule has 0 amide bonds. The van der Waals surface area contributed by atoms with Gasteiger partial charge in [0.2, 0.25) is 0 Å². The van der Waals surface area contributed by atoms with Crippen molar-refractivity contribution >= 4 is 11.0 Å². The zero-order valence-electron chi connectivity index (χ0n) is 5.85. The standard InChI is InChI=1S/C5H13NO2S/c1-3-6-9(7)5-4-8-2/h6H,3-5H2,1-2H3. The molecule has 0 radical (unpaired) electrons. The third-order valence-electron chi connectivity index (χ3n) is 0.778. The van der Waals surface area contributed by atoms with Gasteiger partial charge in [-0.15, -0.1) is 0 Å². The molecule has 1 N–H and O–H groups in total. The molecule has 0 aliphatic rings. The maximum Gasteiger partial charge on any atom is 0.0938 e. The Morgan fingerprint density at radius 1 is 1.67 bits per heavy atom. The van der Waals surface area contributed by atoms with E-state index in [0.29, 0.717) is 12.4 Å². The summed E-state index contributed by atoms with van der Waals surface area (Å²) >= 11 is 0. The predicted octanol–water partition coefficient (Wildman–Crippen LogP) is -0.0940. The minimum absolute atomic E-state index is 0.555. The Morgan fingerprint density at radius 3 is 2.78 bits per heavy atom. The number of rotatable bonds is 5. The van der Waals surface area contributed by atoms with Crippen molar-refractivity contribution in [2.45, 2.75) is 6.92 Å². The van der Waals surface area contributed by atoms with Crippen LogP contribution in [-0.4, -0.2) is 30.2 Å². The topological polar surface area (TPSA) is 38.3 Å². The van der Waals surface area contributed by atoms with Gasteiger partial charge in [-0.2, -0.15) is 0 Å². The second kappa shape index (κ2) is 6.19. The molecular formula is C5H13NO2S.